The van der Waals surface area contributed by atoms with Crippen LogP contribution in [-0.2, 0) is 16.1 Å². The lowest BCUT2D eigenvalue weighted by Gasteiger charge is -2.24. The largest absolute Gasteiger partial charge is 0.497 e. The molecule has 1 saturated heterocycles. The molecule has 0 aromatic heterocycles. The summed E-state index contributed by atoms with van der Waals surface area (Å²) in [6.45, 7) is 2.87. The zero-order chi connectivity index (χ0) is 26.6. The van der Waals surface area contributed by atoms with Crippen molar-refractivity contribution in [3.63, 3.8) is 0 Å². The summed E-state index contributed by atoms with van der Waals surface area (Å²) < 4.78 is 10.9. The third kappa shape index (κ3) is 5.80. The lowest BCUT2D eigenvalue weighted by molar-refractivity contribution is -0.126. The molecule has 3 aromatic carbocycles. The zero-order valence-corrected chi connectivity index (χ0v) is 21.5. The van der Waals surface area contributed by atoms with Gasteiger partial charge in [0.05, 0.1) is 13.7 Å². The molecule has 1 aliphatic carbocycles. The Morgan fingerprint density at radius 1 is 1.03 bits per heavy atom. The third-order valence-corrected chi connectivity index (χ3v) is 6.92. The van der Waals surface area contributed by atoms with E-state index in [1.54, 1.807) is 55.6 Å². The van der Waals surface area contributed by atoms with Gasteiger partial charge >= 0.3 is 6.09 Å². The van der Waals surface area contributed by atoms with Gasteiger partial charge < -0.3 is 20.1 Å². The van der Waals surface area contributed by atoms with E-state index in [1.807, 2.05) is 31.2 Å². The maximum absolute atomic E-state index is 13.3. The van der Waals surface area contributed by atoms with Crippen LogP contribution in [0.4, 0.5) is 10.5 Å². The molecule has 2 N–H and O–H groups in total. The van der Waals surface area contributed by atoms with Gasteiger partial charge in [-0.2, -0.15) is 0 Å². The first-order valence-electron chi connectivity index (χ1n) is 12.8. The number of nitrogens with zero attached hydrogens (tertiary/aromatic N) is 1. The molecule has 0 bridgehead atoms. The van der Waals surface area contributed by atoms with E-state index in [9.17, 15) is 14.4 Å². The monoisotopic (exact) mass is 513 g/mol. The molecule has 0 spiro atoms. The van der Waals surface area contributed by atoms with Crippen molar-refractivity contribution in [1.82, 2.24) is 10.2 Å². The molecule has 3 aromatic rings. The normalized spacial score (nSPS) is 18.6. The van der Waals surface area contributed by atoms with E-state index in [1.165, 1.54) is 4.90 Å². The van der Waals surface area contributed by atoms with Crippen LogP contribution >= 0.6 is 0 Å². The standard InChI is InChI=1S/C30H31N3O5/c1-19-6-8-21(9-7-19)18-33-26(29(35)31-17-20-10-11-20)27(38-30(33)36)22-12-14-24(15-13-22)32-28(34)23-4-3-5-25(16-23)37-2/h3-9,12-16,20,26-27H,10-11,17-18H2,1-2H3,(H,31,35)(H,32,34)/t26-,27-/m0/s1. The summed E-state index contributed by atoms with van der Waals surface area (Å²) in [5, 5.41) is 5.88. The van der Waals surface area contributed by atoms with E-state index in [2.05, 4.69) is 10.6 Å². The van der Waals surface area contributed by atoms with Gasteiger partial charge in [0.1, 0.15) is 5.75 Å². The first kappa shape index (κ1) is 25.3. The van der Waals surface area contributed by atoms with Gasteiger partial charge in [0.25, 0.3) is 5.91 Å². The fourth-order valence-corrected chi connectivity index (χ4v) is 4.50. The predicted molar refractivity (Wildman–Crippen MR) is 143 cm³/mol. The number of rotatable bonds is 9. The molecule has 196 valence electrons. The summed E-state index contributed by atoms with van der Waals surface area (Å²) >= 11 is 0. The van der Waals surface area contributed by atoms with E-state index >= 15 is 0 Å². The van der Waals surface area contributed by atoms with E-state index in [0.717, 1.165) is 24.0 Å². The predicted octanol–water partition coefficient (Wildman–Crippen LogP) is 4.84. The minimum absolute atomic E-state index is 0.227. The quantitative estimate of drug-likeness (QED) is 0.427. The number of hydrogen-bond acceptors (Lipinski definition) is 5. The van der Waals surface area contributed by atoms with Crippen LogP contribution in [0.15, 0.2) is 72.8 Å². The van der Waals surface area contributed by atoms with Gasteiger partial charge in [-0.05, 0) is 67.1 Å². The molecular weight excluding hydrogens is 482 g/mol. The molecule has 1 heterocycles. The number of aryl methyl sites for hydroxylation is 1. The van der Waals surface area contributed by atoms with Gasteiger partial charge in [-0.3, -0.25) is 14.5 Å². The number of carbonyl (C=O) groups is 3. The molecular formula is C30H31N3O5. The molecule has 8 nitrogen and oxygen atoms in total. The molecule has 2 aliphatic rings. The summed E-state index contributed by atoms with van der Waals surface area (Å²) in [7, 11) is 1.55. The molecule has 0 unspecified atom stereocenters. The molecule has 1 aliphatic heterocycles. The summed E-state index contributed by atoms with van der Waals surface area (Å²) in [6.07, 6.45) is 0.924. The Bertz CT molecular complexity index is 1320. The van der Waals surface area contributed by atoms with E-state index in [-0.39, 0.29) is 18.4 Å². The minimum Gasteiger partial charge on any atom is -0.497 e. The lowest BCUT2D eigenvalue weighted by atomic mass is 10.00. The molecule has 2 fully saturated rings. The van der Waals surface area contributed by atoms with Crippen LogP contribution in [0.25, 0.3) is 0 Å². The Morgan fingerprint density at radius 3 is 2.45 bits per heavy atom. The van der Waals surface area contributed by atoms with Crippen LogP contribution < -0.4 is 15.4 Å². The number of anilines is 1. The second-order valence-electron chi connectivity index (χ2n) is 9.86. The molecule has 1 saturated carbocycles. The van der Waals surface area contributed by atoms with Crippen LogP contribution in [0.1, 0.15) is 46.0 Å². The number of methoxy groups -OCH3 is 1. The maximum atomic E-state index is 13.3. The van der Waals surface area contributed by atoms with Crippen molar-refractivity contribution in [2.75, 3.05) is 19.0 Å². The maximum Gasteiger partial charge on any atom is 0.411 e. The molecule has 5 rings (SSSR count). The van der Waals surface area contributed by atoms with Gasteiger partial charge in [-0.15, -0.1) is 0 Å². The smallest absolute Gasteiger partial charge is 0.411 e. The first-order chi connectivity index (χ1) is 18.4. The molecule has 8 heteroatoms. The highest BCUT2D eigenvalue weighted by Crippen LogP contribution is 2.35. The number of carbonyl (C=O) groups excluding carboxylic acids is 3. The molecule has 38 heavy (non-hydrogen) atoms. The SMILES string of the molecule is COc1cccc(C(=O)Nc2ccc([C@@H]3OC(=O)N(Cc4ccc(C)cc4)[C@@H]3C(=O)NCC3CC3)cc2)c1. The fourth-order valence-electron chi connectivity index (χ4n) is 4.50. The Labute approximate surface area is 221 Å². The Hall–Kier alpha value is -4.33. The van der Waals surface area contributed by atoms with Crippen LogP contribution in [-0.4, -0.2) is 42.5 Å². The summed E-state index contributed by atoms with van der Waals surface area (Å²) in [5.74, 6) is 0.603. The van der Waals surface area contributed by atoms with E-state index in [4.69, 9.17) is 9.47 Å². The molecule has 0 radical (unpaired) electrons. The van der Waals surface area contributed by atoms with Gasteiger partial charge in [-0.25, -0.2) is 4.79 Å². The lowest BCUT2D eigenvalue weighted by Crippen LogP contribution is -2.46. The van der Waals surface area contributed by atoms with Gasteiger partial charge in [-0.1, -0.05) is 48.0 Å². The topological polar surface area (TPSA) is 97.0 Å². The van der Waals surface area contributed by atoms with Crippen molar-refractivity contribution < 1.29 is 23.9 Å². The Kier molecular flexibility index (Phi) is 7.31. The highest BCUT2D eigenvalue weighted by molar-refractivity contribution is 6.04. The van der Waals surface area contributed by atoms with Crippen molar-refractivity contribution in [3.8, 4) is 5.75 Å². The summed E-state index contributed by atoms with van der Waals surface area (Å²) in [4.78, 5) is 40.5. The van der Waals surface area contributed by atoms with Gasteiger partial charge in [0.15, 0.2) is 12.1 Å². The van der Waals surface area contributed by atoms with Crippen molar-refractivity contribution in [1.29, 1.82) is 0 Å². The Balaban J connectivity index is 1.33. The molecule has 3 amide bonds. The van der Waals surface area contributed by atoms with Crippen molar-refractivity contribution in [2.45, 2.75) is 38.5 Å². The number of amides is 3. The van der Waals surface area contributed by atoms with Crippen LogP contribution in [0.5, 0.6) is 5.75 Å². The second-order valence-corrected chi connectivity index (χ2v) is 9.86. The number of cyclic esters (lactones) is 1. The second kappa shape index (κ2) is 11.0. The summed E-state index contributed by atoms with van der Waals surface area (Å²) in [5.41, 5.74) is 3.77. The number of ether oxygens (including phenoxy) is 2. The fraction of sp³-hybridized carbons (Fsp3) is 0.300. The minimum atomic E-state index is -0.806. The van der Waals surface area contributed by atoms with Crippen LogP contribution in [0.2, 0.25) is 0 Å². The van der Waals surface area contributed by atoms with E-state index in [0.29, 0.717) is 35.0 Å². The molecule has 2 atom stereocenters. The number of hydrogen-bond donors (Lipinski definition) is 2. The van der Waals surface area contributed by atoms with Gasteiger partial charge in [0, 0.05) is 17.8 Å². The van der Waals surface area contributed by atoms with Crippen LogP contribution in [0.3, 0.4) is 0 Å². The van der Waals surface area contributed by atoms with Gasteiger partial charge in [0.2, 0.25) is 5.91 Å². The number of benzene rings is 3. The average molecular weight is 514 g/mol. The van der Waals surface area contributed by atoms with Crippen molar-refractivity contribution >= 4 is 23.6 Å². The van der Waals surface area contributed by atoms with Crippen molar-refractivity contribution in [2.24, 2.45) is 5.92 Å². The first-order valence-corrected chi connectivity index (χ1v) is 12.8. The third-order valence-electron chi connectivity index (χ3n) is 6.92. The average Bonchev–Trinajstić information content (AvgIpc) is 3.71. The van der Waals surface area contributed by atoms with E-state index < -0.39 is 18.2 Å². The van der Waals surface area contributed by atoms with Crippen LogP contribution in [0, 0.1) is 12.8 Å². The van der Waals surface area contributed by atoms with Crippen molar-refractivity contribution in [3.05, 3.63) is 95.1 Å². The number of nitrogens with one attached hydrogen (secondary N) is 2. The Morgan fingerprint density at radius 2 is 1.76 bits per heavy atom. The zero-order valence-electron chi connectivity index (χ0n) is 21.5. The highest BCUT2D eigenvalue weighted by atomic mass is 16.6. The summed E-state index contributed by atoms with van der Waals surface area (Å²) in [6, 6.07) is 21.0. The highest BCUT2D eigenvalue weighted by Gasteiger charge is 2.47.